The average Bonchev–Trinajstić information content (AvgIpc) is 2.80. The van der Waals surface area contributed by atoms with Crippen molar-refractivity contribution in [3.8, 4) is 5.75 Å². The number of fused-ring (bicyclic) bond motifs is 1. The molecule has 2 atom stereocenters. The maximum atomic E-state index is 14.8. The van der Waals surface area contributed by atoms with Crippen LogP contribution >= 0.6 is 0 Å². The standard InChI is InChI=1S/C26H29FN4O3/c1-13-9-18(28)10-19(24(13)27)14(2)29-25-21-11-20(16-5-7-17(8-6-16)26(32)33)23(34-4)12-22(21)30-15(3)31-25/h5,9-12,14,17H,6-8,28H2,1-4H3,(H,32,33)(H,29,30,31)/t14-,17?/m1/s1. The number of benzene rings is 2. The number of aromatic nitrogens is 2. The van der Waals surface area contributed by atoms with Crippen molar-refractivity contribution in [3.63, 3.8) is 0 Å². The number of aliphatic carboxylic acids is 1. The number of nitrogens with two attached hydrogens (primary N) is 1. The van der Waals surface area contributed by atoms with Crippen LogP contribution in [0.15, 0.2) is 30.3 Å². The van der Waals surface area contributed by atoms with Gasteiger partial charge < -0.3 is 20.9 Å². The molecule has 0 radical (unpaired) electrons. The number of hydrogen-bond acceptors (Lipinski definition) is 6. The summed E-state index contributed by atoms with van der Waals surface area (Å²) in [4.78, 5) is 20.5. The number of hydrogen-bond donors (Lipinski definition) is 3. The predicted octanol–water partition coefficient (Wildman–Crippen LogP) is 5.42. The summed E-state index contributed by atoms with van der Waals surface area (Å²) in [7, 11) is 1.61. The Morgan fingerprint density at radius 1 is 1.26 bits per heavy atom. The van der Waals surface area contributed by atoms with Gasteiger partial charge in [0.1, 0.15) is 23.2 Å². The second-order valence-electron chi connectivity index (χ2n) is 8.84. The normalized spacial score (nSPS) is 16.7. The third-order valence-electron chi connectivity index (χ3n) is 6.36. The van der Waals surface area contributed by atoms with E-state index in [1.54, 1.807) is 33.1 Å². The molecule has 1 aliphatic carbocycles. The number of nitrogens with one attached hydrogen (secondary N) is 1. The highest BCUT2D eigenvalue weighted by molar-refractivity contribution is 5.94. The van der Waals surface area contributed by atoms with E-state index in [1.165, 1.54) is 0 Å². The number of nitrogen functional groups attached to an aromatic ring is 1. The fraction of sp³-hybridized carbons (Fsp3) is 0.346. The highest BCUT2D eigenvalue weighted by atomic mass is 19.1. The first kappa shape index (κ1) is 23.5. The molecule has 3 aromatic rings. The number of aryl methyl sites for hydroxylation is 2. The van der Waals surface area contributed by atoms with Crippen LogP contribution in [0, 0.1) is 25.6 Å². The Labute approximate surface area is 197 Å². The predicted molar refractivity (Wildman–Crippen MR) is 131 cm³/mol. The molecule has 0 amide bonds. The second kappa shape index (κ2) is 9.29. The monoisotopic (exact) mass is 464 g/mol. The van der Waals surface area contributed by atoms with Gasteiger partial charge in [-0.3, -0.25) is 4.79 Å². The van der Waals surface area contributed by atoms with Gasteiger partial charge >= 0.3 is 5.97 Å². The zero-order chi connectivity index (χ0) is 24.6. The van der Waals surface area contributed by atoms with Crippen LogP contribution in [0.1, 0.15) is 54.7 Å². The van der Waals surface area contributed by atoms with Gasteiger partial charge in [-0.2, -0.15) is 0 Å². The molecule has 7 nitrogen and oxygen atoms in total. The van der Waals surface area contributed by atoms with Crippen LogP contribution in [0.5, 0.6) is 5.75 Å². The fourth-order valence-corrected chi connectivity index (χ4v) is 4.53. The Balaban J connectivity index is 1.77. The number of rotatable bonds is 6. The molecule has 0 aliphatic heterocycles. The van der Waals surface area contributed by atoms with Gasteiger partial charge in [-0.15, -0.1) is 0 Å². The lowest BCUT2D eigenvalue weighted by molar-refractivity contribution is -0.141. The van der Waals surface area contributed by atoms with Gasteiger partial charge in [-0.25, -0.2) is 14.4 Å². The maximum Gasteiger partial charge on any atom is 0.306 e. The molecule has 1 heterocycles. The smallest absolute Gasteiger partial charge is 0.306 e. The lowest BCUT2D eigenvalue weighted by Gasteiger charge is -2.22. The Morgan fingerprint density at radius 3 is 2.68 bits per heavy atom. The molecule has 34 heavy (non-hydrogen) atoms. The molecule has 2 aromatic carbocycles. The molecule has 0 spiro atoms. The molecule has 0 fully saturated rings. The van der Waals surface area contributed by atoms with Crippen LogP contribution in [-0.2, 0) is 4.79 Å². The molecule has 1 aromatic heterocycles. The van der Waals surface area contributed by atoms with Crippen LogP contribution in [-0.4, -0.2) is 28.2 Å². The highest BCUT2D eigenvalue weighted by Crippen LogP contribution is 2.39. The molecular weight excluding hydrogens is 435 g/mol. The van der Waals surface area contributed by atoms with Crippen molar-refractivity contribution in [3.05, 3.63) is 58.7 Å². The van der Waals surface area contributed by atoms with E-state index in [9.17, 15) is 14.3 Å². The molecule has 0 bridgehead atoms. The summed E-state index contributed by atoms with van der Waals surface area (Å²) in [6.07, 6.45) is 3.66. The van der Waals surface area contributed by atoms with E-state index < -0.39 is 12.0 Å². The quantitative estimate of drug-likeness (QED) is 0.418. The molecule has 1 unspecified atom stereocenters. The summed E-state index contributed by atoms with van der Waals surface area (Å²) in [6.45, 7) is 5.36. The molecule has 4 N–H and O–H groups in total. The number of ether oxygens (including phenoxy) is 1. The van der Waals surface area contributed by atoms with Gasteiger partial charge in [0.15, 0.2) is 0 Å². The average molecular weight is 465 g/mol. The zero-order valence-electron chi connectivity index (χ0n) is 19.8. The largest absolute Gasteiger partial charge is 0.496 e. The summed E-state index contributed by atoms with van der Waals surface area (Å²) in [5, 5.41) is 13.4. The summed E-state index contributed by atoms with van der Waals surface area (Å²) in [5.41, 5.74) is 10.0. The number of halogens is 1. The first-order valence-corrected chi connectivity index (χ1v) is 11.3. The topological polar surface area (TPSA) is 110 Å². The number of carboxylic acid groups (broad SMARTS) is 1. The molecule has 0 saturated carbocycles. The summed E-state index contributed by atoms with van der Waals surface area (Å²) in [6, 6.07) is 6.69. The minimum absolute atomic E-state index is 0.299. The number of carboxylic acids is 1. The molecular formula is C26H29FN4O3. The van der Waals surface area contributed by atoms with Crippen molar-refractivity contribution in [1.29, 1.82) is 0 Å². The van der Waals surface area contributed by atoms with Gasteiger partial charge in [0, 0.05) is 28.3 Å². The number of nitrogens with zero attached hydrogens (tertiary/aromatic N) is 2. The van der Waals surface area contributed by atoms with Crippen LogP contribution in [0.3, 0.4) is 0 Å². The number of carbonyl (C=O) groups is 1. The SMILES string of the molecule is COc1cc2nc(C)nc(N[C@H](C)c3cc(N)cc(C)c3F)c2cc1C1=CCC(C(=O)O)CC1. The lowest BCUT2D eigenvalue weighted by Crippen LogP contribution is -2.16. The van der Waals surface area contributed by atoms with E-state index in [2.05, 4.69) is 15.3 Å². The van der Waals surface area contributed by atoms with Crippen molar-refractivity contribution < 1.29 is 19.0 Å². The van der Waals surface area contributed by atoms with Crippen LogP contribution in [0.4, 0.5) is 15.9 Å². The Hall–Kier alpha value is -3.68. The summed E-state index contributed by atoms with van der Waals surface area (Å²) < 4.78 is 20.5. The lowest BCUT2D eigenvalue weighted by atomic mass is 9.86. The summed E-state index contributed by atoms with van der Waals surface area (Å²) >= 11 is 0. The third-order valence-corrected chi connectivity index (χ3v) is 6.36. The Bertz CT molecular complexity index is 1310. The number of methoxy groups -OCH3 is 1. The number of allylic oxidation sites excluding steroid dienone is 2. The van der Waals surface area contributed by atoms with E-state index in [4.69, 9.17) is 10.5 Å². The molecule has 0 saturated heterocycles. The second-order valence-corrected chi connectivity index (χ2v) is 8.84. The third kappa shape index (κ3) is 4.53. The van der Waals surface area contributed by atoms with Crippen molar-refractivity contribution in [1.82, 2.24) is 9.97 Å². The van der Waals surface area contributed by atoms with Gasteiger partial charge in [-0.1, -0.05) is 6.08 Å². The van der Waals surface area contributed by atoms with Crippen molar-refractivity contribution in [2.45, 2.75) is 46.1 Å². The number of anilines is 2. The van der Waals surface area contributed by atoms with E-state index >= 15 is 0 Å². The van der Waals surface area contributed by atoms with Crippen LogP contribution in [0.2, 0.25) is 0 Å². The van der Waals surface area contributed by atoms with Gasteiger partial charge in [0.05, 0.1) is 24.6 Å². The molecule has 1 aliphatic rings. The van der Waals surface area contributed by atoms with E-state index in [0.29, 0.717) is 59.0 Å². The fourth-order valence-electron chi connectivity index (χ4n) is 4.53. The van der Waals surface area contributed by atoms with E-state index in [1.807, 2.05) is 25.1 Å². The van der Waals surface area contributed by atoms with Gasteiger partial charge in [0.2, 0.25) is 0 Å². The Morgan fingerprint density at radius 2 is 2.03 bits per heavy atom. The van der Waals surface area contributed by atoms with E-state index in [-0.39, 0.29) is 11.7 Å². The van der Waals surface area contributed by atoms with Crippen LogP contribution < -0.4 is 15.8 Å². The minimum Gasteiger partial charge on any atom is -0.496 e. The molecule has 8 heteroatoms. The van der Waals surface area contributed by atoms with Crippen molar-refractivity contribution >= 4 is 34.0 Å². The van der Waals surface area contributed by atoms with Gasteiger partial charge in [0.25, 0.3) is 0 Å². The molecule has 178 valence electrons. The Kier molecular flexibility index (Phi) is 6.41. The van der Waals surface area contributed by atoms with Crippen molar-refractivity contribution in [2.24, 2.45) is 5.92 Å². The molecule has 4 rings (SSSR count). The van der Waals surface area contributed by atoms with Gasteiger partial charge in [-0.05, 0) is 69.4 Å². The first-order chi connectivity index (χ1) is 16.2. The van der Waals surface area contributed by atoms with Crippen molar-refractivity contribution in [2.75, 3.05) is 18.2 Å². The summed E-state index contributed by atoms with van der Waals surface area (Å²) in [5.74, 6) is 0.389. The first-order valence-electron chi connectivity index (χ1n) is 11.3. The van der Waals surface area contributed by atoms with E-state index in [0.717, 1.165) is 16.5 Å². The maximum absolute atomic E-state index is 14.8. The minimum atomic E-state index is -0.769. The zero-order valence-corrected chi connectivity index (χ0v) is 19.8. The highest BCUT2D eigenvalue weighted by Gasteiger charge is 2.24. The van der Waals surface area contributed by atoms with Crippen LogP contribution in [0.25, 0.3) is 16.5 Å².